The van der Waals surface area contributed by atoms with Crippen LogP contribution in [0.1, 0.15) is 30.4 Å². The lowest BCUT2D eigenvalue weighted by Gasteiger charge is -2.30. The van der Waals surface area contributed by atoms with Gasteiger partial charge in [0.25, 0.3) is 0 Å². The first kappa shape index (κ1) is 20.1. The summed E-state index contributed by atoms with van der Waals surface area (Å²) in [6, 6.07) is 7.72. The average molecular weight is 420 g/mol. The lowest BCUT2D eigenvalue weighted by atomic mass is 9.96. The van der Waals surface area contributed by atoms with Gasteiger partial charge in [-0.05, 0) is 37.1 Å². The van der Waals surface area contributed by atoms with Crippen molar-refractivity contribution in [1.82, 2.24) is 24.6 Å². The van der Waals surface area contributed by atoms with Gasteiger partial charge in [-0.25, -0.2) is 4.79 Å². The fourth-order valence-electron chi connectivity index (χ4n) is 4.04. The molecule has 0 aliphatic carbocycles. The van der Waals surface area contributed by atoms with Crippen molar-refractivity contribution in [2.45, 2.75) is 25.2 Å². The lowest BCUT2D eigenvalue weighted by molar-refractivity contribution is 0.0382. The summed E-state index contributed by atoms with van der Waals surface area (Å²) in [5.41, 5.74) is 0.993. The third-order valence-corrected chi connectivity index (χ3v) is 5.98. The first-order valence-corrected chi connectivity index (χ1v) is 10.5. The predicted molar refractivity (Wildman–Crippen MR) is 109 cm³/mol. The monoisotopic (exact) mass is 419 g/mol. The van der Waals surface area contributed by atoms with E-state index in [9.17, 15) is 9.90 Å². The van der Waals surface area contributed by atoms with Crippen molar-refractivity contribution in [3.8, 4) is 5.69 Å². The van der Waals surface area contributed by atoms with E-state index in [1.807, 2.05) is 24.3 Å². The molecule has 1 aromatic heterocycles. The highest BCUT2D eigenvalue weighted by atomic mass is 35.5. The lowest BCUT2D eigenvalue weighted by Crippen LogP contribution is -2.38. The summed E-state index contributed by atoms with van der Waals surface area (Å²) in [4.78, 5) is 15.1. The Morgan fingerprint density at radius 1 is 1.10 bits per heavy atom. The highest BCUT2D eigenvalue weighted by Gasteiger charge is 2.28. The van der Waals surface area contributed by atoms with Gasteiger partial charge in [-0.15, -0.1) is 10.2 Å². The topological polar surface area (TPSA) is 83.7 Å². The largest absolute Gasteiger partial charge is 0.465 e. The zero-order valence-corrected chi connectivity index (χ0v) is 17.1. The molecule has 0 unspecified atom stereocenters. The number of halogens is 1. The van der Waals surface area contributed by atoms with Crippen LogP contribution < -0.4 is 0 Å². The number of benzene rings is 1. The molecule has 0 atom stereocenters. The van der Waals surface area contributed by atoms with Gasteiger partial charge in [-0.2, -0.15) is 0 Å². The Morgan fingerprint density at radius 3 is 2.45 bits per heavy atom. The van der Waals surface area contributed by atoms with Crippen LogP contribution in [0.3, 0.4) is 0 Å². The summed E-state index contributed by atoms with van der Waals surface area (Å²) in [6.45, 7) is 5.39. The number of ether oxygens (including phenoxy) is 1. The van der Waals surface area contributed by atoms with Gasteiger partial charge in [0.05, 0.1) is 13.2 Å². The fourth-order valence-corrected chi connectivity index (χ4v) is 4.17. The van der Waals surface area contributed by atoms with E-state index in [0.29, 0.717) is 18.1 Å². The van der Waals surface area contributed by atoms with Crippen LogP contribution in [0.4, 0.5) is 4.79 Å². The quantitative estimate of drug-likeness (QED) is 0.802. The van der Waals surface area contributed by atoms with E-state index in [1.165, 1.54) is 4.90 Å². The van der Waals surface area contributed by atoms with Crippen LogP contribution >= 0.6 is 11.6 Å². The average Bonchev–Trinajstić information content (AvgIpc) is 3.17. The maximum absolute atomic E-state index is 11.2. The van der Waals surface area contributed by atoms with Crippen molar-refractivity contribution in [1.29, 1.82) is 0 Å². The SMILES string of the molecule is O=C(O)N1CCC(c2nnc(CCN3CCOCC3)n2-c2ccc(Cl)cc2)CC1. The van der Waals surface area contributed by atoms with E-state index >= 15 is 0 Å². The number of nitrogens with zero attached hydrogens (tertiary/aromatic N) is 5. The van der Waals surface area contributed by atoms with E-state index in [-0.39, 0.29) is 5.92 Å². The smallest absolute Gasteiger partial charge is 0.407 e. The van der Waals surface area contributed by atoms with E-state index in [4.69, 9.17) is 16.3 Å². The fraction of sp³-hybridized carbons (Fsp3) is 0.550. The molecule has 2 aromatic rings. The van der Waals surface area contributed by atoms with Gasteiger partial charge in [0.2, 0.25) is 0 Å². The summed E-state index contributed by atoms with van der Waals surface area (Å²) in [7, 11) is 0. The third kappa shape index (κ3) is 4.71. The summed E-state index contributed by atoms with van der Waals surface area (Å²) >= 11 is 6.09. The van der Waals surface area contributed by atoms with Crippen LogP contribution in [-0.2, 0) is 11.2 Å². The van der Waals surface area contributed by atoms with Crippen molar-refractivity contribution in [3.63, 3.8) is 0 Å². The van der Waals surface area contributed by atoms with Crippen LogP contribution in [0.25, 0.3) is 5.69 Å². The number of morpholine rings is 1. The minimum absolute atomic E-state index is 0.186. The molecule has 156 valence electrons. The highest BCUT2D eigenvalue weighted by Crippen LogP contribution is 2.30. The zero-order chi connectivity index (χ0) is 20.2. The molecular formula is C20H26ClN5O3. The Bertz CT molecular complexity index is 827. The number of carboxylic acid groups (broad SMARTS) is 1. The van der Waals surface area contributed by atoms with Crippen molar-refractivity contribution < 1.29 is 14.6 Å². The van der Waals surface area contributed by atoms with E-state index in [0.717, 1.165) is 69.4 Å². The minimum atomic E-state index is -0.853. The number of amides is 1. The number of likely N-dealkylation sites (tertiary alicyclic amines) is 1. The molecule has 3 heterocycles. The summed E-state index contributed by atoms with van der Waals surface area (Å²) in [5, 5.41) is 19.0. The van der Waals surface area contributed by atoms with E-state index < -0.39 is 6.09 Å². The number of carbonyl (C=O) groups is 1. The Hall–Kier alpha value is -2.16. The van der Waals surface area contributed by atoms with Gasteiger partial charge in [-0.3, -0.25) is 9.47 Å². The molecule has 2 aliphatic heterocycles. The number of rotatable bonds is 5. The molecule has 8 nitrogen and oxygen atoms in total. The predicted octanol–water partition coefficient (Wildman–Crippen LogP) is 2.65. The van der Waals surface area contributed by atoms with Crippen LogP contribution in [0, 0.1) is 0 Å². The Morgan fingerprint density at radius 2 is 1.79 bits per heavy atom. The van der Waals surface area contributed by atoms with E-state index in [2.05, 4.69) is 19.7 Å². The molecule has 1 amide bonds. The van der Waals surface area contributed by atoms with Crippen molar-refractivity contribution in [3.05, 3.63) is 40.9 Å². The van der Waals surface area contributed by atoms with Crippen LogP contribution in [0.15, 0.2) is 24.3 Å². The summed E-state index contributed by atoms with van der Waals surface area (Å²) in [5.74, 6) is 2.02. The number of hydrogen-bond donors (Lipinski definition) is 1. The van der Waals surface area contributed by atoms with Gasteiger partial charge in [0.15, 0.2) is 0 Å². The number of aromatic nitrogens is 3. The van der Waals surface area contributed by atoms with Crippen molar-refractivity contribution in [2.75, 3.05) is 45.9 Å². The van der Waals surface area contributed by atoms with Gasteiger partial charge >= 0.3 is 6.09 Å². The first-order chi connectivity index (χ1) is 14.1. The molecule has 4 rings (SSSR count). The summed E-state index contributed by atoms with van der Waals surface area (Å²) in [6.07, 6.45) is 1.45. The van der Waals surface area contributed by atoms with Crippen molar-refractivity contribution >= 4 is 17.7 Å². The second-order valence-electron chi connectivity index (χ2n) is 7.53. The molecule has 0 saturated carbocycles. The Kier molecular flexibility index (Phi) is 6.32. The molecule has 2 fully saturated rings. The Labute approximate surface area is 175 Å². The Balaban J connectivity index is 1.56. The number of piperidine rings is 1. The molecule has 1 N–H and O–H groups in total. The molecule has 0 spiro atoms. The molecule has 9 heteroatoms. The van der Waals surface area contributed by atoms with Crippen LogP contribution in [-0.4, -0.2) is 81.7 Å². The molecular weight excluding hydrogens is 394 g/mol. The third-order valence-electron chi connectivity index (χ3n) is 5.73. The zero-order valence-electron chi connectivity index (χ0n) is 16.3. The maximum atomic E-state index is 11.2. The molecule has 1 aromatic carbocycles. The molecule has 2 aliphatic rings. The first-order valence-electron chi connectivity index (χ1n) is 10.1. The minimum Gasteiger partial charge on any atom is -0.465 e. The summed E-state index contributed by atoms with van der Waals surface area (Å²) < 4.78 is 7.57. The van der Waals surface area contributed by atoms with Crippen molar-refractivity contribution in [2.24, 2.45) is 0 Å². The van der Waals surface area contributed by atoms with Crippen LogP contribution in [0.2, 0.25) is 5.02 Å². The molecule has 29 heavy (non-hydrogen) atoms. The van der Waals surface area contributed by atoms with Gasteiger partial charge in [0, 0.05) is 55.8 Å². The molecule has 2 saturated heterocycles. The molecule has 0 radical (unpaired) electrons. The molecule has 0 bridgehead atoms. The maximum Gasteiger partial charge on any atom is 0.407 e. The standard InChI is InChI=1S/C20H26ClN5O3/c21-16-1-3-17(4-2-16)26-18(7-8-24-11-13-29-14-12-24)22-23-19(26)15-5-9-25(10-6-15)20(27)28/h1-4,15H,5-14H2,(H,27,28). The van der Waals surface area contributed by atoms with Gasteiger partial charge in [0.1, 0.15) is 11.6 Å². The number of hydrogen-bond acceptors (Lipinski definition) is 5. The van der Waals surface area contributed by atoms with E-state index in [1.54, 1.807) is 0 Å². The normalized spacial score (nSPS) is 18.9. The van der Waals surface area contributed by atoms with Gasteiger partial charge in [-0.1, -0.05) is 11.6 Å². The highest BCUT2D eigenvalue weighted by molar-refractivity contribution is 6.30. The van der Waals surface area contributed by atoms with Crippen LogP contribution in [0.5, 0.6) is 0 Å². The second-order valence-corrected chi connectivity index (χ2v) is 7.97. The van der Waals surface area contributed by atoms with Gasteiger partial charge < -0.3 is 14.7 Å². The second kappa shape index (κ2) is 9.11.